The number of benzene rings is 1. The van der Waals surface area contributed by atoms with Gasteiger partial charge in [0.2, 0.25) is 0 Å². The fraction of sp³-hybridized carbons (Fsp3) is 0.231. The van der Waals surface area contributed by atoms with Gasteiger partial charge in [0, 0.05) is 18.0 Å². The van der Waals surface area contributed by atoms with Crippen LogP contribution < -0.4 is 0 Å². The second-order valence-electron chi connectivity index (χ2n) is 4.42. The van der Waals surface area contributed by atoms with E-state index in [9.17, 15) is 14.9 Å². The zero-order chi connectivity index (χ0) is 15.6. The van der Waals surface area contributed by atoms with E-state index in [1.165, 1.54) is 34.4 Å². The molecule has 0 unspecified atom stereocenters. The summed E-state index contributed by atoms with van der Waals surface area (Å²) in [5.41, 5.74) is 2.42. The molecule has 1 heterocycles. The Balaban J connectivity index is 2.26. The normalized spacial score (nSPS) is 10.4. The van der Waals surface area contributed by atoms with Gasteiger partial charge in [-0.05, 0) is 13.0 Å². The number of thiazole rings is 1. The second kappa shape index (κ2) is 6.19. The molecule has 1 aromatic carbocycles. The monoisotopic (exact) mass is 325 g/mol. The second-order valence-corrected chi connectivity index (χ2v) is 5.74. The molecule has 0 aliphatic heterocycles. The van der Waals surface area contributed by atoms with Gasteiger partial charge in [0.05, 0.1) is 28.2 Å². The smallest absolute Gasteiger partial charge is 0.288 e. The third-order valence-electron chi connectivity index (χ3n) is 2.98. The standard InChI is InChI=1S/C13H12ClN3O3S/c1-8-11(21-7-15-8)6-16(2)13(18)9-4-3-5-10(12(9)14)17(19)20/h3-5,7H,6H2,1-2H3. The first kappa shape index (κ1) is 15.4. The average molecular weight is 326 g/mol. The number of aryl methyl sites for hydroxylation is 1. The summed E-state index contributed by atoms with van der Waals surface area (Å²) < 4.78 is 0. The van der Waals surface area contributed by atoms with Crippen LogP contribution >= 0.6 is 22.9 Å². The average Bonchev–Trinajstić information content (AvgIpc) is 2.83. The quantitative estimate of drug-likeness (QED) is 0.638. The number of halogens is 1. The molecule has 110 valence electrons. The minimum atomic E-state index is -0.605. The molecule has 0 aliphatic carbocycles. The Hall–Kier alpha value is -1.99. The maximum atomic E-state index is 12.4. The molecule has 0 fully saturated rings. The van der Waals surface area contributed by atoms with Gasteiger partial charge >= 0.3 is 0 Å². The summed E-state index contributed by atoms with van der Waals surface area (Å²) in [4.78, 5) is 29.2. The molecular weight excluding hydrogens is 314 g/mol. The molecule has 0 saturated carbocycles. The van der Waals surface area contributed by atoms with E-state index in [0.29, 0.717) is 6.54 Å². The first-order chi connectivity index (χ1) is 9.91. The van der Waals surface area contributed by atoms with E-state index in [2.05, 4.69) is 4.98 Å². The zero-order valence-corrected chi connectivity index (χ0v) is 12.9. The molecule has 0 radical (unpaired) electrons. The highest BCUT2D eigenvalue weighted by molar-refractivity contribution is 7.09. The van der Waals surface area contributed by atoms with Crippen LogP contribution in [0.5, 0.6) is 0 Å². The van der Waals surface area contributed by atoms with Gasteiger partial charge in [-0.1, -0.05) is 17.7 Å². The van der Waals surface area contributed by atoms with Gasteiger partial charge < -0.3 is 4.90 Å². The Kier molecular flexibility index (Phi) is 4.54. The van der Waals surface area contributed by atoms with Crippen molar-refractivity contribution in [2.24, 2.45) is 0 Å². The van der Waals surface area contributed by atoms with Crippen LogP contribution in [0.2, 0.25) is 5.02 Å². The summed E-state index contributed by atoms with van der Waals surface area (Å²) >= 11 is 7.41. The van der Waals surface area contributed by atoms with E-state index >= 15 is 0 Å². The third-order valence-corrected chi connectivity index (χ3v) is 4.29. The molecule has 0 N–H and O–H groups in total. The van der Waals surface area contributed by atoms with Crippen LogP contribution in [0.25, 0.3) is 0 Å². The van der Waals surface area contributed by atoms with Crippen molar-refractivity contribution in [1.29, 1.82) is 0 Å². The minimum absolute atomic E-state index is 0.121. The lowest BCUT2D eigenvalue weighted by Crippen LogP contribution is -2.26. The largest absolute Gasteiger partial charge is 0.336 e. The number of hydrogen-bond acceptors (Lipinski definition) is 5. The lowest BCUT2D eigenvalue weighted by atomic mass is 10.1. The molecule has 0 saturated heterocycles. The minimum Gasteiger partial charge on any atom is -0.336 e. The van der Waals surface area contributed by atoms with Crippen LogP contribution in [0, 0.1) is 17.0 Å². The number of hydrogen-bond donors (Lipinski definition) is 0. The molecule has 6 nitrogen and oxygen atoms in total. The van der Waals surface area contributed by atoms with Crippen molar-refractivity contribution in [3.63, 3.8) is 0 Å². The zero-order valence-electron chi connectivity index (χ0n) is 11.4. The summed E-state index contributed by atoms with van der Waals surface area (Å²) in [6.45, 7) is 2.25. The summed E-state index contributed by atoms with van der Waals surface area (Å²) in [7, 11) is 1.62. The number of carbonyl (C=O) groups excluding carboxylic acids is 1. The first-order valence-electron chi connectivity index (χ1n) is 5.99. The maximum Gasteiger partial charge on any atom is 0.288 e. The Morgan fingerprint density at radius 1 is 1.52 bits per heavy atom. The molecule has 21 heavy (non-hydrogen) atoms. The van der Waals surface area contributed by atoms with Gasteiger partial charge in [0.25, 0.3) is 11.6 Å². The lowest BCUT2D eigenvalue weighted by molar-refractivity contribution is -0.384. The van der Waals surface area contributed by atoms with Crippen molar-refractivity contribution in [2.45, 2.75) is 13.5 Å². The third kappa shape index (κ3) is 3.20. The van der Waals surface area contributed by atoms with Crippen molar-refractivity contribution in [3.8, 4) is 0 Å². The number of rotatable bonds is 4. The van der Waals surface area contributed by atoms with Gasteiger partial charge in [-0.3, -0.25) is 14.9 Å². The number of carbonyl (C=O) groups is 1. The molecule has 1 amide bonds. The molecule has 0 bridgehead atoms. The van der Waals surface area contributed by atoms with Crippen molar-refractivity contribution in [3.05, 3.63) is 55.0 Å². The molecular formula is C13H12ClN3O3S. The lowest BCUT2D eigenvalue weighted by Gasteiger charge is -2.17. The number of nitro groups is 1. The van der Waals surface area contributed by atoms with Gasteiger partial charge in [0.15, 0.2) is 0 Å². The summed E-state index contributed by atoms with van der Waals surface area (Å²) in [6, 6.07) is 4.20. The Labute approximate surface area is 130 Å². The van der Waals surface area contributed by atoms with E-state index in [0.717, 1.165) is 10.6 Å². The molecule has 0 atom stereocenters. The molecule has 0 aliphatic rings. The van der Waals surface area contributed by atoms with E-state index in [1.807, 2.05) is 6.92 Å². The summed E-state index contributed by atoms with van der Waals surface area (Å²) in [6.07, 6.45) is 0. The van der Waals surface area contributed by atoms with Crippen molar-refractivity contribution in [1.82, 2.24) is 9.88 Å². The highest BCUT2D eigenvalue weighted by atomic mass is 35.5. The fourth-order valence-electron chi connectivity index (χ4n) is 1.80. The highest BCUT2D eigenvalue weighted by Crippen LogP contribution is 2.29. The maximum absolute atomic E-state index is 12.4. The molecule has 2 rings (SSSR count). The molecule has 1 aromatic heterocycles. The SMILES string of the molecule is Cc1ncsc1CN(C)C(=O)c1cccc([N+](=O)[O-])c1Cl. The summed E-state index contributed by atoms with van der Waals surface area (Å²) in [5, 5.41) is 10.7. The number of amides is 1. The van der Waals surface area contributed by atoms with E-state index in [4.69, 9.17) is 11.6 Å². The topological polar surface area (TPSA) is 76.3 Å². The van der Waals surface area contributed by atoms with Crippen LogP contribution in [0.1, 0.15) is 20.9 Å². The number of aromatic nitrogens is 1. The van der Waals surface area contributed by atoms with Crippen LogP contribution in [-0.4, -0.2) is 27.8 Å². The highest BCUT2D eigenvalue weighted by Gasteiger charge is 2.22. The molecule has 8 heteroatoms. The van der Waals surface area contributed by atoms with Crippen molar-refractivity contribution in [2.75, 3.05) is 7.05 Å². The van der Waals surface area contributed by atoms with Gasteiger partial charge in [-0.25, -0.2) is 4.98 Å². The van der Waals surface area contributed by atoms with Gasteiger partial charge in [-0.2, -0.15) is 0 Å². The van der Waals surface area contributed by atoms with Crippen molar-refractivity contribution >= 4 is 34.5 Å². The van der Waals surface area contributed by atoms with Crippen molar-refractivity contribution < 1.29 is 9.72 Å². The van der Waals surface area contributed by atoms with Crippen LogP contribution in [0.15, 0.2) is 23.7 Å². The first-order valence-corrected chi connectivity index (χ1v) is 7.25. The number of nitrogens with zero attached hydrogens (tertiary/aromatic N) is 3. The van der Waals surface area contributed by atoms with Crippen LogP contribution in [0.3, 0.4) is 0 Å². The Morgan fingerprint density at radius 3 is 2.81 bits per heavy atom. The molecule has 0 spiro atoms. The Morgan fingerprint density at radius 2 is 2.24 bits per heavy atom. The molecule has 2 aromatic rings. The van der Waals surface area contributed by atoms with E-state index < -0.39 is 4.92 Å². The van der Waals surface area contributed by atoms with Crippen LogP contribution in [-0.2, 0) is 6.54 Å². The Bertz CT molecular complexity index is 702. The predicted molar refractivity (Wildman–Crippen MR) is 80.8 cm³/mol. The van der Waals surface area contributed by atoms with E-state index in [-0.39, 0.29) is 22.2 Å². The number of nitro benzene ring substituents is 1. The van der Waals surface area contributed by atoms with Gasteiger partial charge in [-0.15, -0.1) is 11.3 Å². The van der Waals surface area contributed by atoms with E-state index in [1.54, 1.807) is 12.6 Å². The predicted octanol–water partition coefficient (Wildman–Crippen LogP) is 3.29. The fourth-order valence-corrected chi connectivity index (χ4v) is 2.90. The van der Waals surface area contributed by atoms with Crippen LogP contribution in [0.4, 0.5) is 5.69 Å². The summed E-state index contributed by atoms with van der Waals surface area (Å²) in [5.74, 6) is -0.364. The van der Waals surface area contributed by atoms with Gasteiger partial charge in [0.1, 0.15) is 5.02 Å².